The van der Waals surface area contributed by atoms with Crippen LogP contribution in [0, 0.1) is 0 Å². The van der Waals surface area contributed by atoms with E-state index in [1.807, 2.05) is 0 Å². The molecular formula is C16H17BrN2. The molecule has 0 spiro atoms. The van der Waals surface area contributed by atoms with Gasteiger partial charge in [-0.05, 0) is 35.7 Å². The van der Waals surface area contributed by atoms with Crippen molar-refractivity contribution in [3.05, 3.63) is 64.1 Å². The molecule has 1 atom stereocenters. The monoisotopic (exact) mass is 316 g/mol. The van der Waals surface area contributed by atoms with E-state index in [1.165, 1.54) is 16.8 Å². The zero-order valence-corrected chi connectivity index (χ0v) is 12.3. The lowest BCUT2D eigenvalue weighted by Crippen LogP contribution is -2.34. The minimum atomic E-state index is 0.466. The van der Waals surface area contributed by atoms with E-state index in [0.29, 0.717) is 6.04 Å². The molecule has 19 heavy (non-hydrogen) atoms. The third-order valence-electron chi connectivity index (χ3n) is 3.51. The minimum absolute atomic E-state index is 0.466. The molecule has 2 nitrogen and oxygen atoms in total. The fourth-order valence-corrected chi connectivity index (χ4v) is 2.89. The molecule has 0 amide bonds. The van der Waals surface area contributed by atoms with Gasteiger partial charge in [0, 0.05) is 29.3 Å². The Kier molecular flexibility index (Phi) is 3.85. The summed E-state index contributed by atoms with van der Waals surface area (Å²) in [7, 11) is 0. The van der Waals surface area contributed by atoms with Gasteiger partial charge < -0.3 is 10.6 Å². The predicted octanol–water partition coefficient (Wildman–Crippen LogP) is 3.58. The molecule has 98 valence electrons. The summed E-state index contributed by atoms with van der Waals surface area (Å²) < 4.78 is 1.14. The Morgan fingerprint density at radius 3 is 2.79 bits per heavy atom. The molecule has 1 aliphatic heterocycles. The molecule has 0 aliphatic carbocycles. The average Bonchev–Trinajstić information content (AvgIpc) is 2.63. The lowest BCUT2D eigenvalue weighted by molar-refractivity contribution is 0.537. The molecule has 3 heteroatoms. The van der Waals surface area contributed by atoms with Gasteiger partial charge in [0.2, 0.25) is 0 Å². The summed E-state index contributed by atoms with van der Waals surface area (Å²) >= 11 is 3.53. The van der Waals surface area contributed by atoms with Gasteiger partial charge >= 0.3 is 0 Å². The molecule has 0 saturated carbocycles. The highest BCUT2D eigenvalue weighted by Gasteiger charge is 2.15. The van der Waals surface area contributed by atoms with Crippen molar-refractivity contribution >= 4 is 21.6 Å². The van der Waals surface area contributed by atoms with Gasteiger partial charge in [-0.2, -0.15) is 0 Å². The molecule has 0 aromatic heterocycles. The van der Waals surface area contributed by atoms with E-state index in [-0.39, 0.29) is 0 Å². The summed E-state index contributed by atoms with van der Waals surface area (Å²) in [5.41, 5.74) is 3.95. The van der Waals surface area contributed by atoms with E-state index in [0.717, 1.165) is 24.0 Å². The first-order valence-electron chi connectivity index (χ1n) is 6.61. The first-order chi connectivity index (χ1) is 9.31. The maximum absolute atomic E-state index is 3.63. The summed E-state index contributed by atoms with van der Waals surface area (Å²) in [5.74, 6) is 0. The molecule has 1 heterocycles. The molecule has 0 unspecified atom stereocenters. The second-order valence-corrected chi connectivity index (χ2v) is 5.87. The number of hydrogen-bond donors (Lipinski definition) is 2. The average molecular weight is 317 g/mol. The number of fused-ring (bicyclic) bond motifs is 1. The van der Waals surface area contributed by atoms with Gasteiger partial charge in [0.1, 0.15) is 0 Å². The van der Waals surface area contributed by atoms with Crippen molar-refractivity contribution in [2.75, 3.05) is 11.9 Å². The van der Waals surface area contributed by atoms with Crippen LogP contribution in [-0.4, -0.2) is 12.6 Å². The quantitative estimate of drug-likeness (QED) is 0.885. The van der Waals surface area contributed by atoms with Gasteiger partial charge in [-0.25, -0.2) is 0 Å². The van der Waals surface area contributed by atoms with Crippen molar-refractivity contribution in [1.82, 2.24) is 5.32 Å². The molecule has 1 aliphatic rings. The van der Waals surface area contributed by atoms with E-state index < -0.39 is 0 Å². The summed E-state index contributed by atoms with van der Waals surface area (Å²) in [5, 5.41) is 7.17. The number of benzene rings is 2. The van der Waals surface area contributed by atoms with Crippen LogP contribution in [0.5, 0.6) is 0 Å². The minimum Gasteiger partial charge on any atom is -0.383 e. The third kappa shape index (κ3) is 3.17. The standard InChI is InChI=1S/C16H17BrN2/c17-14-6-7-16-13(9-14)10-18-15(11-19-16)8-12-4-2-1-3-5-12/h1-7,9,15,18-19H,8,10-11H2/t15-/m0/s1. The van der Waals surface area contributed by atoms with E-state index in [1.54, 1.807) is 0 Å². The van der Waals surface area contributed by atoms with Crippen molar-refractivity contribution in [3.63, 3.8) is 0 Å². The Labute approximate surface area is 122 Å². The van der Waals surface area contributed by atoms with E-state index in [9.17, 15) is 0 Å². The largest absolute Gasteiger partial charge is 0.383 e. The van der Waals surface area contributed by atoms with Crippen molar-refractivity contribution in [2.24, 2.45) is 0 Å². The molecule has 2 N–H and O–H groups in total. The third-order valence-corrected chi connectivity index (χ3v) is 4.01. The van der Waals surface area contributed by atoms with Crippen LogP contribution in [0.3, 0.4) is 0 Å². The predicted molar refractivity (Wildman–Crippen MR) is 83.4 cm³/mol. The molecule has 3 rings (SSSR count). The lowest BCUT2D eigenvalue weighted by Gasteiger charge is -2.15. The SMILES string of the molecule is Brc1ccc2c(c1)CN[C@@H](Cc1ccccc1)CN2. The van der Waals surface area contributed by atoms with Gasteiger partial charge in [-0.1, -0.05) is 46.3 Å². The fraction of sp³-hybridized carbons (Fsp3) is 0.250. The first kappa shape index (κ1) is 12.7. The Hall–Kier alpha value is -1.32. The highest BCUT2D eigenvalue weighted by Crippen LogP contribution is 2.23. The number of rotatable bonds is 2. The second-order valence-electron chi connectivity index (χ2n) is 4.95. The normalized spacial score (nSPS) is 18.3. The Bertz CT molecular complexity index is 554. The van der Waals surface area contributed by atoms with Crippen LogP contribution in [0.4, 0.5) is 5.69 Å². The Morgan fingerprint density at radius 1 is 1.11 bits per heavy atom. The highest BCUT2D eigenvalue weighted by molar-refractivity contribution is 9.10. The van der Waals surface area contributed by atoms with Crippen LogP contribution in [0.2, 0.25) is 0 Å². The maximum atomic E-state index is 3.63. The van der Waals surface area contributed by atoms with E-state index in [2.05, 4.69) is 75.1 Å². The Balaban J connectivity index is 1.70. The van der Waals surface area contributed by atoms with Crippen LogP contribution in [0.25, 0.3) is 0 Å². The summed E-state index contributed by atoms with van der Waals surface area (Å²) in [6.07, 6.45) is 1.06. The van der Waals surface area contributed by atoms with Gasteiger partial charge in [-0.15, -0.1) is 0 Å². The van der Waals surface area contributed by atoms with Crippen molar-refractivity contribution < 1.29 is 0 Å². The zero-order chi connectivity index (χ0) is 13.1. The number of nitrogens with one attached hydrogen (secondary N) is 2. The van der Waals surface area contributed by atoms with Crippen LogP contribution in [-0.2, 0) is 13.0 Å². The molecule has 0 radical (unpaired) electrons. The van der Waals surface area contributed by atoms with Gasteiger partial charge in [0.15, 0.2) is 0 Å². The van der Waals surface area contributed by atoms with Crippen molar-refractivity contribution in [3.8, 4) is 0 Å². The zero-order valence-electron chi connectivity index (χ0n) is 10.7. The van der Waals surface area contributed by atoms with Crippen molar-refractivity contribution in [1.29, 1.82) is 0 Å². The number of hydrogen-bond acceptors (Lipinski definition) is 2. The number of anilines is 1. The van der Waals surface area contributed by atoms with Crippen LogP contribution < -0.4 is 10.6 Å². The molecule has 0 fully saturated rings. The molecule has 2 aromatic rings. The first-order valence-corrected chi connectivity index (χ1v) is 7.40. The molecule has 2 aromatic carbocycles. The van der Waals surface area contributed by atoms with E-state index in [4.69, 9.17) is 0 Å². The lowest BCUT2D eigenvalue weighted by atomic mass is 10.1. The van der Waals surface area contributed by atoms with Gasteiger partial charge in [-0.3, -0.25) is 0 Å². The summed E-state index contributed by atoms with van der Waals surface area (Å²) in [4.78, 5) is 0. The summed E-state index contributed by atoms with van der Waals surface area (Å²) in [6, 6.07) is 17.5. The van der Waals surface area contributed by atoms with Crippen molar-refractivity contribution in [2.45, 2.75) is 19.0 Å². The highest BCUT2D eigenvalue weighted by atomic mass is 79.9. The molecule has 0 saturated heterocycles. The fourth-order valence-electron chi connectivity index (χ4n) is 2.48. The Morgan fingerprint density at radius 2 is 1.95 bits per heavy atom. The molecular weight excluding hydrogens is 300 g/mol. The van der Waals surface area contributed by atoms with Gasteiger partial charge in [0.25, 0.3) is 0 Å². The van der Waals surface area contributed by atoms with Gasteiger partial charge in [0.05, 0.1) is 0 Å². The van der Waals surface area contributed by atoms with Crippen LogP contribution in [0.1, 0.15) is 11.1 Å². The maximum Gasteiger partial charge on any atom is 0.0387 e. The van der Waals surface area contributed by atoms with Crippen LogP contribution >= 0.6 is 15.9 Å². The smallest absolute Gasteiger partial charge is 0.0387 e. The van der Waals surface area contributed by atoms with Crippen LogP contribution in [0.15, 0.2) is 53.0 Å². The van der Waals surface area contributed by atoms with E-state index >= 15 is 0 Å². The summed E-state index contributed by atoms with van der Waals surface area (Å²) in [6.45, 7) is 1.88. The second kappa shape index (κ2) is 5.76. The molecule has 0 bridgehead atoms. The topological polar surface area (TPSA) is 24.1 Å². The number of halogens is 1.